The summed E-state index contributed by atoms with van der Waals surface area (Å²) >= 11 is 0. The molecule has 32 heavy (non-hydrogen) atoms. The van der Waals surface area contributed by atoms with Crippen molar-refractivity contribution in [2.45, 2.75) is 45.8 Å². The Bertz CT molecular complexity index is 1040. The lowest BCUT2D eigenvalue weighted by atomic mass is 9.99. The van der Waals surface area contributed by atoms with E-state index < -0.39 is 5.41 Å². The lowest BCUT2D eigenvalue weighted by Gasteiger charge is -2.22. The van der Waals surface area contributed by atoms with Gasteiger partial charge in [-0.2, -0.15) is 0 Å². The molecule has 0 saturated heterocycles. The summed E-state index contributed by atoms with van der Waals surface area (Å²) in [5.41, 5.74) is 2.39. The number of fused-ring (bicyclic) bond motifs is 1. The van der Waals surface area contributed by atoms with Crippen molar-refractivity contribution in [3.63, 3.8) is 0 Å². The van der Waals surface area contributed by atoms with Crippen LogP contribution < -0.4 is 14.2 Å². The van der Waals surface area contributed by atoms with Crippen LogP contribution in [0.15, 0.2) is 30.3 Å². The summed E-state index contributed by atoms with van der Waals surface area (Å²) < 4.78 is 28.0. The third kappa shape index (κ3) is 3.99. The Hall–Kier alpha value is -3.22. The Morgan fingerprint density at radius 2 is 1.84 bits per heavy atom. The summed E-state index contributed by atoms with van der Waals surface area (Å²) in [5, 5.41) is 0. The molecule has 0 amide bonds. The number of methoxy groups -OCH3 is 2. The van der Waals surface area contributed by atoms with Crippen LogP contribution in [0.5, 0.6) is 17.2 Å². The normalized spacial score (nSPS) is 16.6. The second kappa shape index (κ2) is 8.73. The molecule has 1 saturated carbocycles. The quantitative estimate of drug-likeness (QED) is 0.530. The summed E-state index contributed by atoms with van der Waals surface area (Å²) in [5.74, 6) is 0.927. The zero-order valence-corrected chi connectivity index (χ0v) is 18.9. The first-order chi connectivity index (χ1) is 15.4. The Kier molecular flexibility index (Phi) is 6.00. The van der Waals surface area contributed by atoms with E-state index in [4.69, 9.17) is 23.7 Å². The predicted molar refractivity (Wildman–Crippen MR) is 117 cm³/mol. The molecule has 7 heteroatoms. The molecular weight excluding hydrogens is 412 g/mol. The van der Waals surface area contributed by atoms with Crippen LogP contribution >= 0.6 is 0 Å². The van der Waals surface area contributed by atoms with Crippen molar-refractivity contribution < 1.29 is 33.3 Å². The fraction of sp³-hybridized carbons (Fsp3) is 0.440. The van der Waals surface area contributed by atoms with E-state index in [0.717, 1.165) is 36.0 Å². The van der Waals surface area contributed by atoms with E-state index in [1.807, 2.05) is 32.0 Å². The minimum Gasteiger partial charge on any atom is -0.493 e. The number of rotatable bonds is 9. The molecular formula is C25H28O7. The highest BCUT2D eigenvalue weighted by Crippen LogP contribution is 2.50. The number of hydrogen-bond donors (Lipinski definition) is 0. The summed E-state index contributed by atoms with van der Waals surface area (Å²) in [6.07, 6.45) is 2.09. The highest BCUT2D eigenvalue weighted by molar-refractivity contribution is 5.94. The molecule has 0 aromatic heterocycles. The molecule has 2 aliphatic rings. The fourth-order valence-electron chi connectivity index (χ4n) is 3.73. The van der Waals surface area contributed by atoms with Crippen LogP contribution in [-0.2, 0) is 20.9 Å². The second-order valence-electron chi connectivity index (χ2n) is 8.32. The van der Waals surface area contributed by atoms with Crippen molar-refractivity contribution in [2.75, 3.05) is 20.8 Å². The number of benzene rings is 2. The lowest BCUT2D eigenvalue weighted by molar-refractivity contribution is -0.156. The molecule has 0 N–H and O–H groups in total. The van der Waals surface area contributed by atoms with E-state index in [-0.39, 0.29) is 31.3 Å². The summed E-state index contributed by atoms with van der Waals surface area (Å²) in [6, 6.07) is 9.21. The minimum atomic E-state index is -0.632. The summed E-state index contributed by atoms with van der Waals surface area (Å²) in [6.45, 7) is 4.30. The van der Waals surface area contributed by atoms with E-state index in [2.05, 4.69) is 0 Å². The zero-order chi connectivity index (χ0) is 22.9. The van der Waals surface area contributed by atoms with Gasteiger partial charge in [-0.25, -0.2) is 4.79 Å². The maximum atomic E-state index is 12.7. The van der Waals surface area contributed by atoms with E-state index in [0.29, 0.717) is 22.8 Å². The molecule has 1 heterocycles. The highest BCUT2D eigenvalue weighted by Gasteiger charge is 2.53. The maximum absolute atomic E-state index is 12.7. The van der Waals surface area contributed by atoms with Crippen molar-refractivity contribution in [3.8, 4) is 28.4 Å². The van der Waals surface area contributed by atoms with E-state index >= 15 is 0 Å². The number of cyclic esters (lactones) is 1. The average molecular weight is 440 g/mol. The van der Waals surface area contributed by atoms with Gasteiger partial charge in [-0.05, 0) is 56.0 Å². The van der Waals surface area contributed by atoms with Crippen LogP contribution in [0.1, 0.15) is 49.0 Å². The fourth-order valence-corrected chi connectivity index (χ4v) is 3.73. The molecule has 2 aromatic rings. The van der Waals surface area contributed by atoms with Gasteiger partial charge in [-0.3, -0.25) is 4.79 Å². The third-order valence-corrected chi connectivity index (χ3v) is 6.16. The number of hydrogen-bond acceptors (Lipinski definition) is 7. The van der Waals surface area contributed by atoms with Gasteiger partial charge in [0.1, 0.15) is 18.6 Å². The van der Waals surface area contributed by atoms with E-state index in [1.54, 1.807) is 26.4 Å². The number of carbonyl (C=O) groups excluding carboxylic acids is 2. The second-order valence-corrected chi connectivity index (χ2v) is 8.32. The van der Waals surface area contributed by atoms with Gasteiger partial charge < -0.3 is 23.7 Å². The summed E-state index contributed by atoms with van der Waals surface area (Å²) in [4.78, 5) is 24.5. The first kappa shape index (κ1) is 22.0. The number of carbonyl (C=O) groups is 2. The minimum absolute atomic E-state index is 0.127. The van der Waals surface area contributed by atoms with Crippen LogP contribution in [0.25, 0.3) is 11.1 Å². The molecule has 0 bridgehead atoms. The van der Waals surface area contributed by atoms with Crippen LogP contribution in [0.4, 0.5) is 0 Å². The molecule has 170 valence electrons. The van der Waals surface area contributed by atoms with Crippen molar-refractivity contribution in [3.05, 3.63) is 41.5 Å². The molecule has 1 aliphatic carbocycles. The van der Waals surface area contributed by atoms with E-state index in [9.17, 15) is 9.59 Å². The topological polar surface area (TPSA) is 80.3 Å². The van der Waals surface area contributed by atoms with Gasteiger partial charge in [0.2, 0.25) is 5.75 Å². The van der Waals surface area contributed by atoms with Gasteiger partial charge in [0.05, 0.1) is 25.9 Å². The van der Waals surface area contributed by atoms with Crippen LogP contribution in [0.3, 0.4) is 0 Å². The van der Waals surface area contributed by atoms with Crippen molar-refractivity contribution >= 4 is 11.9 Å². The van der Waals surface area contributed by atoms with Gasteiger partial charge >= 0.3 is 11.9 Å². The Morgan fingerprint density at radius 3 is 2.50 bits per heavy atom. The Balaban J connectivity index is 1.66. The van der Waals surface area contributed by atoms with Gasteiger partial charge in [0.25, 0.3) is 0 Å². The average Bonchev–Trinajstić information content (AvgIpc) is 3.53. The highest BCUT2D eigenvalue weighted by atomic mass is 16.6. The summed E-state index contributed by atoms with van der Waals surface area (Å²) in [7, 11) is 3.11. The number of esters is 2. The molecule has 0 unspecified atom stereocenters. The molecule has 1 aliphatic heterocycles. The SMILES string of the molecule is CC[C@H](C)OC(=O)C1(COc2c(-c3ccc4c(c3)COC4=O)ccc(OC)c2OC)CC1. The lowest BCUT2D eigenvalue weighted by Crippen LogP contribution is -2.28. The van der Waals surface area contributed by atoms with Crippen LogP contribution in [-0.4, -0.2) is 38.9 Å². The van der Waals surface area contributed by atoms with Gasteiger partial charge in [0.15, 0.2) is 11.5 Å². The largest absolute Gasteiger partial charge is 0.493 e. The molecule has 7 nitrogen and oxygen atoms in total. The molecule has 0 spiro atoms. The smallest absolute Gasteiger partial charge is 0.338 e. The van der Waals surface area contributed by atoms with Crippen LogP contribution in [0, 0.1) is 5.41 Å². The molecule has 2 aromatic carbocycles. The first-order valence-electron chi connectivity index (χ1n) is 10.8. The molecule has 4 rings (SSSR count). The third-order valence-electron chi connectivity index (χ3n) is 6.16. The van der Waals surface area contributed by atoms with Crippen molar-refractivity contribution in [1.29, 1.82) is 0 Å². The van der Waals surface area contributed by atoms with Crippen LogP contribution in [0.2, 0.25) is 0 Å². The standard InChI is InChI=1S/C25H28O7/c1-5-15(2)32-24(27)25(10-11-25)14-31-21-18(8-9-20(28-3)22(21)29-4)16-6-7-19-17(12-16)13-30-23(19)26/h6-9,12,15H,5,10-11,13-14H2,1-4H3/t15-/m0/s1. The maximum Gasteiger partial charge on any atom is 0.338 e. The van der Waals surface area contributed by atoms with Crippen molar-refractivity contribution in [2.24, 2.45) is 5.41 Å². The molecule has 0 radical (unpaired) electrons. The van der Waals surface area contributed by atoms with E-state index in [1.165, 1.54) is 0 Å². The Labute approximate surface area is 187 Å². The predicted octanol–water partition coefficient (Wildman–Crippen LogP) is 4.54. The monoisotopic (exact) mass is 440 g/mol. The Morgan fingerprint density at radius 1 is 1.09 bits per heavy atom. The zero-order valence-electron chi connectivity index (χ0n) is 18.9. The first-order valence-corrected chi connectivity index (χ1v) is 10.8. The number of ether oxygens (including phenoxy) is 5. The van der Waals surface area contributed by atoms with Crippen molar-refractivity contribution in [1.82, 2.24) is 0 Å². The van der Waals surface area contributed by atoms with Gasteiger partial charge in [0, 0.05) is 11.1 Å². The van der Waals surface area contributed by atoms with Gasteiger partial charge in [-0.1, -0.05) is 13.0 Å². The molecule has 1 fully saturated rings. The molecule has 1 atom stereocenters. The van der Waals surface area contributed by atoms with Gasteiger partial charge in [-0.15, -0.1) is 0 Å².